The number of nitrogens with zero attached hydrogens (tertiary/aromatic N) is 1. The maximum Gasteiger partial charge on any atom is 0.0649 e. The molecule has 3 atom stereocenters. The van der Waals surface area contributed by atoms with Crippen molar-refractivity contribution in [3.05, 3.63) is 30.1 Å². The van der Waals surface area contributed by atoms with Crippen molar-refractivity contribution in [2.24, 2.45) is 11.8 Å². The first-order valence-electron chi connectivity index (χ1n) is 5.79. The van der Waals surface area contributed by atoms with Crippen molar-refractivity contribution in [3.63, 3.8) is 0 Å². The lowest BCUT2D eigenvalue weighted by molar-refractivity contribution is 0.0820. The average Bonchev–Trinajstić information content (AvgIpc) is 3.11. The molecule has 0 aliphatic heterocycles. The second-order valence-electron chi connectivity index (χ2n) is 4.73. The molecule has 1 aromatic heterocycles. The highest BCUT2D eigenvalue weighted by molar-refractivity contribution is 5.10. The summed E-state index contributed by atoms with van der Waals surface area (Å²) in [6.45, 7) is 4.22. The summed E-state index contributed by atoms with van der Waals surface area (Å²) >= 11 is 0. The topological polar surface area (TPSA) is 33.1 Å². The van der Waals surface area contributed by atoms with E-state index in [0.717, 1.165) is 11.6 Å². The van der Waals surface area contributed by atoms with Crippen LogP contribution in [-0.4, -0.2) is 16.2 Å². The first-order chi connectivity index (χ1) is 7.20. The van der Waals surface area contributed by atoms with Crippen LogP contribution in [0.4, 0.5) is 0 Å². The summed E-state index contributed by atoms with van der Waals surface area (Å²) < 4.78 is 0. The van der Waals surface area contributed by atoms with Crippen LogP contribution in [0.15, 0.2) is 24.4 Å². The zero-order valence-corrected chi connectivity index (χ0v) is 9.43. The Morgan fingerprint density at radius 3 is 2.60 bits per heavy atom. The van der Waals surface area contributed by atoms with E-state index in [4.69, 9.17) is 0 Å². The summed E-state index contributed by atoms with van der Waals surface area (Å²) in [5.74, 6) is 1.29. The van der Waals surface area contributed by atoms with Crippen molar-refractivity contribution in [3.8, 4) is 0 Å². The van der Waals surface area contributed by atoms with E-state index in [1.165, 1.54) is 12.8 Å². The second kappa shape index (κ2) is 4.31. The first kappa shape index (κ1) is 10.6. The Kier molecular flexibility index (Phi) is 3.06. The molecule has 1 aliphatic carbocycles. The second-order valence-corrected chi connectivity index (χ2v) is 4.73. The molecular formula is C13H19NO. The fraction of sp³-hybridized carbons (Fsp3) is 0.615. The summed E-state index contributed by atoms with van der Waals surface area (Å²) in [6, 6.07) is 5.88. The average molecular weight is 205 g/mol. The third-order valence-electron chi connectivity index (χ3n) is 3.57. The van der Waals surface area contributed by atoms with E-state index >= 15 is 0 Å². The molecule has 2 nitrogen and oxygen atoms in total. The molecule has 15 heavy (non-hydrogen) atoms. The number of rotatable bonds is 4. The van der Waals surface area contributed by atoms with Crippen molar-refractivity contribution >= 4 is 0 Å². The van der Waals surface area contributed by atoms with Gasteiger partial charge in [0.15, 0.2) is 0 Å². The minimum Gasteiger partial charge on any atom is -0.392 e. The van der Waals surface area contributed by atoms with Gasteiger partial charge in [-0.05, 0) is 36.8 Å². The van der Waals surface area contributed by atoms with Gasteiger partial charge in [0.2, 0.25) is 0 Å². The highest BCUT2D eigenvalue weighted by atomic mass is 16.3. The summed E-state index contributed by atoms with van der Waals surface area (Å²) in [5.41, 5.74) is 0.998. The minimum atomic E-state index is -0.257. The molecule has 1 saturated carbocycles. The Balaban J connectivity index is 2.03. The quantitative estimate of drug-likeness (QED) is 0.819. The molecule has 3 unspecified atom stereocenters. The molecule has 1 aliphatic rings. The maximum atomic E-state index is 10.2. The Labute approximate surface area is 91.4 Å². The van der Waals surface area contributed by atoms with Crippen molar-refractivity contribution in [1.82, 2.24) is 4.98 Å². The molecule has 0 aromatic carbocycles. The third kappa shape index (κ3) is 2.37. The van der Waals surface area contributed by atoms with E-state index in [1.807, 2.05) is 18.2 Å². The predicted octanol–water partition coefficient (Wildman–Crippen LogP) is 2.59. The Morgan fingerprint density at radius 2 is 2.07 bits per heavy atom. The van der Waals surface area contributed by atoms with Gasteiger partial charge in [0.1, 0.15) is 0 Å². The van der Waals surface area contributed by atoms with Crippen LogP contribution in [-0.2, 0) is 0 Å². The SMILES string of the molecule is CC(c1ccccn1)C(O)C(C)C1CC1. The summed E-state index contributed by atoms with van der Waals surface area (Å²) in [6.07, 6.45) is 4.10. The molecule has 0 bridgehead atoms. The monoisotopic (exact) mass is 205 g/mol. The highest BCUT2D eigenvalue weighted by Gasteiger charge is 2.35. The lowest BCUT2D eigenvalue weighted by Gasteiger charge is -2.24. The molecule has 2 heteroatoms. The van der Waals surface area contributed by atoms with Crippen molar-refractivity contribution in [2.75, 3.05) is 0 Å². The number of pyridine rings is 1. The molecular weight excluding hydrogens is 186 g/mol. The zero-order valence-electron chi connectivity index (χ0n) is 9.43. The number of hydrogen-bond acceptors (Lipinski definition) is 2. The molecule has 1 fully saturated rings. The molecule has 0 saturated heterocycles. The summed E-state index contributed by atoms with van der Waals surface area (Å²) in [5, 5.41) is 10.2. The van der Waals surface area contributed by atoms with Gasteiger partial charge in [0, 0.05) is 17.8 Å². The van der Waals surface area contributed by atoms with Crippen molar-refractivity contribution < 1.29 is 5.11 Å². The molecule has 1 aromatic rings. The van der Waals surface area contributed by atoms with Gasteiger partial charge in [-0.2, -0.15) is 0 Å². The van der Waals surface area contributed by atoms with Gasteiger partial charge >= 0.3 is 0 Å². The van der Waals surface area contributed by atoms with Crippen LogP contribution >= 0.6 is 0 Å². The molecule has 1 N–H and O–H groups in total. The number of hydrogen-bond donors (Lipinski definition) is 1. The smallest absolute Gasteiger partial charge is 0.0649 e. The maximum absolute atomic E-state index is 10.2. The fourth-order valence-corrected chi connectivity index (χ4v) is 2.18. The van der Waals surface area contributed by atoms with E-state index in [0.29, 0.717) is 5.92 Å². The van der Waals surface area contributed by atoms with Crippen LogP contribution in [0.25, 0.3) is 0 Å². The highest BCUT2D eigenvalue weighted by Crippen LogP contribution is 2.40. The lowest BCUT2D eigenvalue weighted by atomic mass is 9.88. The van der Waals surface area contributed by atoms with Gasteiger partial charge in [0.05, 0.1) is 6.10 Å². The van der Waals surface area contributed by atoms with Crippen LogP contribution in [0, 0.1) is 11.8 Å². The Morgan fingerprint density at radius 1 is 1.33 bits per heavy atom. The zero-order chi connectivity index (χ0) is 10.8. The van der Waals surface area contributed by atoms with Gasteiger partial charge in [0.25, 0.3) is 0 Å². The Hall–Kier alpha value is -0.890. The van der Waals surface area contributed by atoms with Crippen LogP contribution in [0.2, 0.25) is 0 Å². The van der Waals surface area contributed by atoms with Gasteiger partial charge in [-0.15, -0.1) is 0 Å². The molecule has 0 amide bonds. The summed E-state index contributed by atoms with van der Waals surface area (Å²) in [7, 11) is 0. The van der Waals surface area contributed by atoms with E-state index in [-0.39, 0.29) is 12.0 Å². The molecule has 2 rings (SSSR count). The molecule has 0 spiro atoms. The molecule has 0 radical (unpaired) electrons. The summed E-state index contributed by atoms with van der Waals surface area (Å²) in [4.78, 5) is 4.30. The van der Waals surface area contributed by atoms with Crippen LogP contribution < -0.4 is 0 Å². The Bertz CT molecular complexity index is 308. The van der Waals surface area contributed by atoms with E-state index in [9.17, 15) is 5.11 Å². The van der Waals surface area contributed by atoms with Crippen molar-refractivity contribution in [2.45, 2.75) is 38.7 Å². The normalized spacial score (nSPS) is 22.1. The standard InChI is InChI=1S/C13H19NO/c1-9(11-6-7-11)13(15)10(2)12-5-3-4-8-14-12/h3-5,8-11,13,15H,6-7H2,1-2H3. The van der Waals surface area contributed by atoms with Crippen molar-refractivity contribution in [1.29, 1.82) is 0 Å². The van der Waals surface area contributed by atoms with E-state index in [2.05, 4.69) is 18.8 Å². The minimum absolute atomic E-state index is 0.141. The van der Waals surface area contributed by atoms with Gasteiger partial charge < -0.3 is 5.11 Å². The van der Waals surface area contributed by atoms with Crippen LogP contribution in [0.5, 0.6) is 0 Å². The molecule has 82 valence electrons. The van der Waals surface area contributed by atoms with E-state index < -0.39 is 0 Å². The lowest BCUT2D eigenvalue weighted by Crippen LogP contribution is -2.26. The van der Waals surface area contributed by atoms with Crippen LogP contribution in [0.1, 0.15) is 38.3 Å². The van der Waals surface area contributed by atoms with Gasteiger partial charge in [-0.1, -0.05) is 19.9 Å². The van der Waals surface area contributed by atoms with Gasteiger partial charge in [-0.25, -0.2) is 0 Å². The molecule has 1 heterocycles. The number of aliphatic hydroxyl groups excluding tert-OH is 1. The van der Waals surface area contributed by atoms with Gasteiger partial charge in [-0.3, -0.25) is 4.98 Å². The van der Waals surface area contributed by atoms with Crippen LogP contribution in [0.3, 0.4) is 0 Å². The largest absolute Gasteiger partial charge is 0.392 e. The number of aliphatic hydroxyl groups is 1. The first-order valence-corrected chi connectivity index (χ1v) is 5.79. The third-order valence-corrected chi connectivity index (χ3v) is 3.57. The number of aromatic nitrogens is 1. The predicted molar refractivity (Wildman–Crippen MR) is 60.5 cm³/mol. The fourth-order valence-electron chi connectivity index (χ4n) is 2.18. The van der Waals surface area contributed by atoms with E-state index in [1.54, 1.807) is 6.20 Å².